The third kappa shape index (κ3) is 1.58. The molecule has 0 unspecified atom stereocenters. The lowest BCUT2D eigenvalue weighted by Gasteiger charge is -2.23. The summed E-state index contributed by atoms with van der Waals surface area (Å²) in [4.78, 5) is 24.3. The molecule has 2 aliphatic carbocycles. The summed E-state index contributed by atoms with van der Waals surface area (Å²) in [6.07, 6.45) is 1.74. The molecule has 1 amide bonds. The van der Waals surface area contributed by atoms with Gasteiger partial charge in [-0.1, -0.05) is 0 Å². The number of rotatable bonds is 2. The van der Waals surface area contributed by atoms with Crippen molar-refractivity contribution in [3.8, 4) is 0 Å². The second kappa shape index (κ2) is 4.04. The van der Waals surface area contributed by atoms with Gasteiger partial charge in [0.15, 0.2) is 0 Å². The second-order valence-electron chi connectivity index (χ2n) is 5.92. The van der Waals surface area contributed by atoms with Crippen LogP contribution in [-0.2, 0) is 14.3 Å². The molecular weight excluding hydrogens is 261 g/mol. The van der Waals surface area contributed by atoms with E-state index in [2.05, 4.69) is 5.32 Å². The van der Waals surface area contributed by atoms with E-state index in [4.69, 9.17) is 4.74 Å². The molecule has 1 heterocycles. The summed E-state index contributed by atoms with van der Waals surface area (Å²) >= 11 is 0. The van der Waals surface area contributed by atoms with Crippen LogP contribution in [0.5, 0.6) is 0 Å². The minimum Gasteiger partial charge on any atom is -0.462 e. The highest BCUT2D eigenvalue weighted by Gasteiger charge is 2.63. The highest BCUT2D eigenvalue weighted by Crippen LogP contribution is 2.57. The first kappa shape index (κ1) is 11.9. The summed E-state index contributed by atoms with van der Waals surface area (Å²) in [5.41, 5.74) is 0.557. The number of benzene rings is 1. The van der Waals surface area contributed by atoms with Gasteiger partial charge in [0.05, 0.1) is 11.8 Å². The Bertz CT molecular complexity index is 583. The molecule has 2 bridgehead atoms. The van der Waals surface area contributed by atoms with Crippen LogP contribution in [0.1, 0.15) is 12.8 Å². The lowest BCUT2D eigenvalue weighted by molar-refractivity contribution is -0.145. The van der Waals surface area contributed by atoms with E-state index in [0.29, 0.717) is 5.69 Å². The topological polar surface area (TPSA) is 55.4 Å². The molecule has 2 saturated carbocycles. The Morgan fingerprint density at radius 3 is 2.75 bits per heavy atom. The number of carbonyl (C=O) groups is 2. The molecule has 1 aromatic rings. The van der Waals surface area contributed by atoms with Gasteiger partial charge in [0.2, 0.25) is 5.91 Å². The van der Waals surface area contributed by atoms with Gasteiger partial charge in [-0.25, -0.2) is 4.39 Å². The quantitative estimate of drug-likeness (QED) is 0.839. The van der Waals surface area contributed by atoms with Crippen molar-refractivity contribution in [2.24, 2.45) is 23.7 Å². The van der Waals surface area contributed by atoms with E-state index >= 15 is 0 Å². The van der Waals surface area contributed by atoms with E-state index in [1.165, 1.54) is 24.3 Å². The van der Waals surface area contributed by atoms with Crippen LogP contribution in [0, 0.1) is 29.5 Å². The molecular formula is C15H14FNO3. The fourth-order valence-electron chi connectivity index (χ4n) is 4.12. The minimum atomic E-state index is -0.342. The van der Waals surface area contributed by atoms with Crippen molar-refractivity contribution in [1.29, 1.82) is 0 Å². The molecule has 1 N–H and O–H groups in total. The normalized spacial score (nSPS) is 37.0. The lowest BCUT2D eigenvalue weighted by Crippen LogP contribution is -2.35. The molecule has 104 valence electrons. The summed E-state index contributed by atoms with van der Waals surface area (Å²) in [6, 6.07) is 5.65. The zero-order valence-corrected chi connectivity index (χ0v) is 10.7. The van der Waals surface area contributed by atoms with Crippen molar-refractivity contribution in [3.63, 3.8) is 0 Å². The van der Waals surface area contributed by atoms with Crippen LogP contribution < -0.4 is 5.32 Å². The monoisotopic (exact) mass is 275 g/mol. The van der Waals surface area contributed by atoms with E-state index in [0.717, 1.165) is 12.8 Å². The van der Waals surface area contributed by atoms with Crippen LogP contribution in [0.2, 0.25) is 0 Å². The van der Waals surface area contributed by atoms with Gasteiger partial charge in [-0.3, -0.25) is 9.59 Å². The molecule has 4 nitrogen and oxygen atoms in total. The van der Waals surface area contributed by atoms with Crippen molar-refractivity contribution in [1.82, 2.24) is 0 Å². The molecule has 3 fully saturated rings. The van der Waals surface area contributed by atoms with Crippen LogP contribution >= 0.6 is 0 Å². The Morgan fingerprint density at radius 1 is 1.25 bits per heavy atom. The highest BCUT2D eigenvalue weighted by molar-refractivity contribution is 5.96. The second-order valence-corrected chi connectivity index (χ2v) is 5.92. The van der Waals surface area contributed by atoms with Crippen molar-refractivity contribution < 1.29 is 18.7 Å². The van der Waals surface area contributed by atoms with Crippen molar-refractivity contribution in [3.05, 3.63) is 30.1 Å². The molecule has 4 rings (SSSR count). The summed E-state index contributed by atoms with van der Waals surface area (Å²) in [5.74, 6) is -0.829. The lowest BCUT2D eigenvalue weighted by atomic mass is 9.79. The number of halogens is 1. The molecule has 5 atom stereocenters. The van der Waals surface area contributed by atoms with E-state index in [1.807, 2.05) is 0 Å². The summed E-state index contributed by atoms with van der Waals surface area (Å²) < 4.78 is 18.2. The number of fused-ring (bicyclic) bond motifs is 1. The molecule has 1 saturated heterocycles. The average molecular weight is 275 g/mol. The molecule has 5 heteroatoms. The molecule has 0 spiro atoms. The Morgan fingerprint density at radius 2 is 2.00 bits per heavy atom. The first-order valence-corrected chi connectivity index (χ1v) is 6.90. The van der Waals surface area contributed by atoms with Gasteiger partial charge in [-0.2, -0.15) is 0 Å². The first-order valence-electron chi connectivity index (χ1n) is 6.90. The number of hydrogen-bond acceptors (Lipinski definition) is 3. The first-order chi connectivity index (χ1) is 9.63. The van der Waals surface area contributed by atoms with Gasteiger partial charge < -0.3 is 10.1 Å². The molecule has 1 aromatic carbocycles. The van der Waals surface area contributed by atoms with Crippen LogP contribution in [0.3, 0.4) is 0 Å². The molecule has 3 aliphatic rings. The minimum absolute atomic E-state index is 0.0346. The van der Waals surface area contributed by atoms with Crippen LogP contribution in [-0.4, -0.2) is 18.0 Å². The molecule has 20 heavy (non-hydrogen) atoms. The number of hydrogen-bond donors (Lipinski definition) is 1. The van der Waals surface area contributed by atoms with Crippen LogP contribution in [0.25, 0.3) is 0 Å². The van der Waals surface area contributed by atoms with E-state index in [1.54, 1.807) is 0 Å². The van der Waals surface area contributed by atoms with Crippen molar-refractivity contribution >= 4 is 17.6 Å². The summed E-state index contributed by atoms with van der Waals surface area (Å²) in [7, 11) is 0. The third-order valence-corrected chi connectivity index (χ3v) is 4.90. The summed E-state index contributed by atoms with van der Waals surface area (Å²) in [6.45, 7) is 0. The maximum Gasteiger partial charge on any atom is 0.310 e. The van der Waals surface area contributed by atoms with Gasteiger partial charge in [0.1, 0.15) is 11.9 Å². The maximum absolute atomic E-state index is 12.8. The number of anilines is 1. The predicted octanol–water partition coefficient (Wildman–Crippen LogP) is 1.96. The van der Waals surface area contributed by atoms with Crippen LogP contribution in [0.15, 0.2) is 24.3 Å². The zero-order chi connectivity index (χ0) is 13.9. The fraction of sp³-hybridized carbons (Fsp3) is 0.467. The van der Waals surface area contributed by atoms with E-state index in [-0.39, 0.29) is 47.5 Å². The standard InChI is InChI=1S/C15H14FNO3/c16-8-1-3-9(4-2-8)17-14(18)12-7-5-10-11(6-7)20-15(19)13(10)12/h1-4,7,10-13H,5-6H2,(H,17,18)/t7-,10+,11-,12-,13+/m1/s1. The van der Waals surface area contributed by atoms with Crippen LogP contribution in [0.4, 0.5) is 10.1 Å². The fourth-order valence-corrected chi connectivity index (χ4v) is 4.12. The molecule has 1 aliphatic heterocycles. The number of nitrogens with one attached hydrogen (secondary N) is 1. The van der Waals surface area contributed by atoms with Crippen molar-refractivity contribution in [2.75, 3.05) is 5.32 Å². The van der Waals surface area contributed by atoms with Gasteiger partial charge in [-0.15, -0.1) is 0 Å². The number of esters is 1. The SMILES string of the molecule is O=C(Nc1ccc(F)cc1)[C@@H]1[C@@H]2C[C@@H]3[C@@H]1C(=O)O[C@@H]3C2. The Hall–Kier alpha value is -1.91. The number of amides is 1. The van der Waals surface area contributed by atoms with Gasteiger partial charge in [-0.05, 0) is 43.0 Å². The maximum atomic E-state index is 12.8. The number of ether oxygens (including phenoxy) is 1. The van der Waals surface area contributed by atoms with Gasteiger partial charge >= 0.3 is 5.97 Å². The van der Waals surface area contributed by atoms with Gasteiger partial charge in [0, 0.05) is 11.6 Å². The Kier molecular flexibility index (Phi) is 2.40. The Labute approximate surface area is 115 Å². The third-order valence-electron chi connectivity index (χ3n) is 4.90. The average Bonchev–Trinajstić information content (AvgIpc) is 3.02. The van der Waals surface area contributed by atoms with Gasteiger partial charge in [0.25, 0.3) is 0 Å². The van der Waals surface area contributed by atoms with E-state index in [9.17, 15) is 14.0 Å². The predicted molar refractivity (Wildman–Crippen MR) is 68.1 cm³/mol. The largest absolute Gasteiger partial charge is 0.462 e. The Balaban J connectivity index is 1.54. The van der Waals surface area contributed by atoms with E-state index < -0.39 is 0 Å². The smallest absolute Gasteiger partial charge is 0.310 e. The molecule has 0 radical (unpaired) electrons. The number of carbonyl (C=O) groups excluding carboxylic acids is 2. The summed E-state index contributed by atoms with van der Waals surface area (Å²) in [5, 5.41) is 2.79. The van der Waals surface area contributed by atoms with Crippen molar-refractivity contribution in [2.45, 2.75) is 18.9 Å². The molecule has 0 aromatic heterocycles. The zero-order valence-electron chi connectivity index (χ0n) is 10.7. The highest BCUT2D eigenvalue weighted by atomic mass is 19.1.